The highest BCUT2D eigenvalue weighted by Gasteiger charge is 2.28. The molecule has 1 aliphatic rings. The van der Waals surface area contributed by atoms with Gasteiger partial charge in [0.1, 0.15) is 5.75 Å². The van der Waals surface area contributed by atoms with Gasteiger partial charge in [0.25, 0.3) is 5.91 Å². The molecule has 1 aromatic rings. The number of likely N-dealkylation sites (N-methyl/N-ethyl adjacent to an activating group) is 1. The minimum Gasteiger partial charge on any atom is -0.490 e. The first-order valence-electron chi connectivity index (χ1n) is 7.46. The Labute approximate surface area is 146 Å². The second kappa shape index (κ2) is 9.29. The average molecular weight is 360 g/mol. The van der Waals surface area contributed by atoms with Crippen LogP contribution in [0.5, 0.6) is 11.5 Å². The van der Waals surface area contributed by atoms with Crippen molar-refractivity contribution >= 4 is 24.0 Å². The molecule has 1 saturated heterocycles. The van der Waals surface area contributed by atoms with Gasteiger partial charge >= 0.3 is 5.69 Å². The molecule has 1 N–H and O–H groups in total. The predicted molar refractivity (Wildman–Crippen MR) is 91.1 cm³/mol. The third-order valence-corrected chi connectivity index (χ3v) is 3.85. The molecule has 1 atom stereocenters. The van der Waals surface area contributed by atoms with Crippen LogP contribution in [0.2, 0.25) is 0 Å². The smallest absolute Gasteiger partial charge is 0.311 e. The fourth-order valence-electron chi connectivity index (χ4n) is 2.74. The fraction of sp³-hybridized carbons (Fsp3) is 0.533. The molecule has 0 aromatic heterocycles. The summed E-state index contributed by atoms with van der Waals surface area (Å²) in [6.45, 7) is 1.40. The molecule has 1 aromatic carbocycles. The summed E-state index contributed by atoms with van der Waals surface area (Å²) in [5, 5.41) is 13.9. The van der Waals surface area contributed by atoms with Crippen molar-refractivity contribution in [2.45, 2.75) is 18.9 Å². The maximum Gasteiger partial charge on any atom is 0.311 e. The topological polar surface area (TPSA) is 93.9 Å². The summed E-state index contributed by atoms with van der Waals surface area (Å²) in [6.07, 6.45) is 1.97. The number of rotatable bonds is 7. The molecule has 24 heavy (non-hydrogen) atoms. The lowest BCUT2D eigenvalue weighted by atomic mass is 10.2. The van der Waals surface area contributed by atoms with Gasteiger partial charge in [-0.1, -0.05) is 0 Å². The van der Waals surface area contributed by atoms with Gasteiger partial charge in [-0.05, 0) is 26.0 Å². The highest BCUT2D eigenvalue weighted by atomic mass is 35.5. The number of hydrogen-bond donors (Lipinski definition) is 1. The van der Waals surface area contributed by atoms with E-state index in [-0.39, 0.29) is 42.4 Å². The van der Waals surface area contributed by atoms with E-state index in [2.05, 4.69) is 5.32 Å². The maximum absolute atomic E-state index is 12.3. The monoisotopic (exact) mass is 359 g/mol. The second-order valence-corrected chi connectivity index (χ2v) is 5.32. The van der Waals surface area contributed by atoms with Crippen molar-refractivity contribution in [2.24, 2.45) is 0 Å². The number of amides is 1. The van der Waals surface area contributed by atoms with Gasteiger partial charge in [-0.25, -0.2) is 0 Å². The summed E-state index contributed by atoms with van der Waals surface area (Å²) in [6, 6.07) is 4.38. The lowest BCUT2D eigenvalue weighted by molar-refractivity contribution is -0.385. The van der Waals surface area contributed by atoms with Gasteiger partial charge in [0.15, 0.2) is 6.61 Å². The van der Waals surface area contributed by atoms with Gasteiger partial charge in [0.2, 0.25) is 5.75 Å². The van der Waals surface area contributed by atoms with Gasteiger partial charge in [0, 0.05) is 31.3 Å². The maximum atomic E-state index is 12.3. The van der Waals surface area contributed by atoms with E-state index in [1.807, 2.05) is 11.9 Å². The van der Waals surface area contributed by atoms with Crippen LogP contribution >= 0.6 is 12.4 Å². The van der Waals surface area contributed by atoms with E-state index in [1.54, 1.807) is 0 Å². The number of ether oxygens (including phenoxy) is 2. The lowest BCUT2D eigenvalue weighted by Crippen LogP contribution is -2.43. The molecular formula is C15H22ClN3O5. The van der Waals surface area contributed by atoms with Crippen molar-refractivity contribution < 1.29 is 19.2 Å². The van der Waals surface area contributed by atoms with Crippen LogP contribution in [-0.2, 0) is 4.79 Å². The Morgan fingerprint density at radius 1 is 1.50 bits per heavy atom. The van der Waals surface area contributed by atoms with Crippen molar-refractivity contribution in [3.05, 3.63) is 28.3 Å². The van der Waals surface area contributed by atoms with E-state index in [1.165, 1.54) is 25.3 Å². The first-order valence-corrected chi connectivity index (χ1v) is 7.46. The van der Waals surface area contributed by atoms with Crippen molar-refractivity contribution in [3.8, 4) is 11.5 Å². The summed E-state index contributed by atoms with van der Waals surface area (Å²) in [5.74, 6) is 0.388. The van der Waals surface area contributed by atoms with Gasteiger partial charge in [0.05, 0.1) is 12.0 Å². The number of nitro benzene ring substituents is 1. The molecule has 134 valence electrons. The van der Waals surface area contributed by atoms with Crippen LogP contribution in [-0.4, -0.2) is 55.6 Å². The number of carbonyl (C=O) groups is 1. The number of nitrogens with zero attached hydrogens (tertiary/aromatic N) is 2. The Hall–Kier alpha value is -2.06. The molecule has 1 heterocycles. The largest absolute Gasteiger partial charge is 0.490 e. The molecule has 8 nitrogen and oxygen atoms in total. The van der Waals surface area contributed by atoms with E-state index in [9.17, 15) is 14.9 Å². The second-order valence-electron chi connectivity index (χ2n) is 5.32. The van der Waals surface area contributed by atoms with Gasteiger partial charge in [-0.2, -0.15) is 0 Å². The molecule has 0 aliphatic carbocycles. The molecule has 0 radical (unpaired) electrons. The van der Waals surface area contributed by atoms with Crippen molar-refractivity contribution in [1.29, 1.82) is 0 Å². The van der Waals surface area contributed by atoms with Crippen LogP contribution in [0.3, 0.4) is 0 Å². The molecule has 1 fully saturated rings. The number of carbonyl (C=O) groups excluding carboxylic acids is 1. The van der Waals surface area contributed by atoms with Crippen LogP contribution in [0.25, 0.3) is 0 Å². The normalized spacial score (nSPS) is 16.4. The Morgan fingerprint density at radius 3 is 2.88 bits per heavy atom. The molecule has 1 amide bonds. The zero-order chi connectivity index (χ0) is 16.8. The Bertz CT molecular complexity index is 584. The van der Waals surface area contributed by atoms with E-state index in [0.717, 1.165) is 25.9 Å². The van der Waals surface area contributed by atoms with E-state index >= 15 is 0 Å². The van der Waals surface area contributed by atoms with Gasteiger partial charge in [-0.15, -0.1) is 12.4 Å². The van der Waals surface area contributed by atoms with E-state index < -0.39 is 4.92 Å². The predicted octanol–water partition coefficient (Wildman–Crippen LogP) is 1.61. The first kappa shape index (κ1) is 20.0. The average Bonchev–Trinajstić information content (AvgIpc) is 3.00. The summed E-state index contributed by atoms with van der Waals surface area (Å²) >= 11 is 0. The fourth-order valence-corrected chi connectivity index (χ4v) is 2.74. The van der Waals surface area contributed by atoms with Gasteiger partial charge < -0.3 is 19.7 Å². The zero-order valence-corrected chi connectivity index (χ0v) is 14.5. The van der Waals surface area contributed by atoms with Crippen molar-refractivity contribution in [2.75, 3.05) is 33.9 Å². The summed E-state index contributed by atoms with van der Waals surface area (Å²) in [5.41, 5.74) is -0.139. The number of methoxy groups -OCH3 is 1. The lowest BCUT2D eigenvalue weighted by Gasteiger charge is -2.24. The third kappa shape index (κ3) is 4.72. The van der Waals surface area contributed by atoms with Gasteiger partial charge in [-0.3, -0.25) is 14.9 Å². The van der Waals surface area contributed by atoms with Crippen LogP contribution in [0.4, 0.5) is 5.69 Å². The molecule has 2 rings (SSSR count). The van der Waals surface area contributed by atoms with E-state index in [0.29, 0.717) is 5.75 Å². The van der Waals surface area contributed by atoms with Crippen LogP contribution in [0.15, 0.2) is 18.2 Å². The SMILES string of the molecule is CNCC1CCCN1C(=O)COc1ccc([N+](=O)[O-])c(OC)c1.Cl. The molecule has 1 aliphatic heterocycles. The molecule has 0 spiro atoms. The number of hydrogen-bond acceptors (Lipinski definition) is 6. The molecule has 0 bridgehead atoms. The summed E-state index contributed by atoms with van der Waals surface area (Å²) < 4.78 is 10.4. The minimum absolute atomic E-state index is 0. The summed E-state index contributed by atoms with van der Waals surface area (Å²) in [7, 11) is 3.21. The highest BCUT2D eigenvalue weighted by molar-refractivity contribution is 5.85. The number of nitrogens with one attached hydrogen (secondary N) is 1. The number of benzene rings is 1. The van der Waals surface area contributed by atoms with Crippen LogP contribution < -0.4 is 14.8 Å². The van der Waals surface area contributed by atoms with Crippen molar-refractivity contribution in [1.82, 2.24) is 10.2 Å². The summed E-state index contributed by atoms with van der Waals surface area (Å²) in [4.78, 5) is 24.4. The quantitative estimate of drug-likeness (QED) is 0.587. The number of likely N-dealkylation sites (tertiary alicyclic amines) is 1. The number of nitro groups is 1. The Balaban J connectivity index is 0.00000288. The van der Waals surface area contributed by atoms with Crippen LogP contribution in [0, 0.1) is 10.1 Å². The van der Waals surface area contributed by atoms with Crippen molar-refractivity contribution in [3.63, 3.8) is 0 Å². The number of halogens is 1. The first-order chi connectivity index (χ1) is 11.1. The van der Waals surface area contributed by atoms with Crippen LogP contribution in [0.1, 0.15) is 12.8 Å². The third-order valence-electron chi connectivity index (χ3n) is 3.85. The van der Waals surface area contributed by atoms with E-state index in [4.69, 9.17) is 9.47 Å². The Morgan fingerprint density at radius 2 is 2.25 bits per heavy atom. The standard InChI is InChI=1S/C15H21N3O5.ClH/c1-16-9-11-4-3-7-17(11)15(19)10-23-12-5-6-13(18(20)21)14(8-12)22-2;/h5-6,8,11,16H,3-4,7,9-10H2,1-2H3;1H. The Kier molecular flexibility index (Phi) is 7.73. The molecule has 1 unspecified atom stereocenters. The molecule has 0 saturated carbocycles. The minimum atomic E-state index is -0.527. The molecular weight excluding hydrogens is 338 g/mol. The highest BCUT2D eigenvalue weighted by Crippen LogP contribution is 2.30. The molecule has 9 heteroatoms. The zero-order valence-electron chi connectivity index (χ0n) is 13.7.